The summed E-state index contributed by atoms with van der Waals surface area (Å²) >= 11 is 0. The third kappa shape index (κ3) is 1.83. The van der Waals surface area contributed by atoms with E-state index in [1.165, 1.54) is 12.7 Å². The second-order valence-electron chi connectivity index (χ2n) is 4.82. The van der Waals surface area contributed by atoms with Gasteiger partial charge in [-0.25, -0.2) is 23.7 Å². The predicted octanol–water partition coefficient (Wildman–Crippen LogP) is 0.987. The van der Waals surface area contributed by atoms with E-state index in [-0.39, 0.29) is 18.7 Å². The molecule has 19 heavy (non-hydrogen) atoms. The van der Waals surface area contributed by atoms with Gasteiger partial charge >= 0.3 is 0 Å². The third-order valence-corrected chi connectivity index (χ3v) is 3.66. The lowest BCUT2D eigenvalue weighted by Gasteiger charge is -2.14. The minimum absolute atomic E-state index is 0.193. The van der Waals surface area contributed by atoms with Gasteiger partial charge in [0.15, 0.2) is 11.5 Å². The number of aromatic nitrogens is 4. The van der Waals surface area contributed by atoms with Crippen LogP contribution in [-0.4, -0.2) is 37.2 Å². The zero-order chi connectivity index (χ0) is 13.6. The van der Waals surface area contributed by atoms with Crippen molar-refractivity contribution in [3.05, 3.63) is 12.7 Å². The molecule has 0 unspecified atom stereocenters. The van der Waals surface area contributed by atoms with Crippen LogP contribution >= 0.6 is 0 Å². The van der Waals surface area contributed by atoms with Crippen LogP contribution in [0.1, 0.15) is 18.9 Å². The van der Waals surface area contributed by atoms with Gasteiger partial charge in [0.25, 0.3) is 5.92 Å². The number of nitrogen functional groups attached to an aromatic ring is 1. The minimum Gasteiger partial charge on any atom is -0.396 e. The molecule has 2 aromatic heterocycles. The maximum Gasteiger partial charge on any atom is 0.255 e. The van der Waals surface area contributed by atoms with Gasteiger partial charge in [-0.2, -0.15) is 0 Å². The maximum absolute atomic E-state index is 13.7. The molecule has 1 fully saturated rings. The Morgan fingerprint density at radius 1 is 1.42 bits per heavy atom. The zero-order valence-corrected chi connectivity index (χ0v) is 10.0. The molecule has 0 spiro atoms. The summed E-state index contributed by atoms with van der Waals surface area (Å²) in [6.45, 7) is -0.521. The molecule has 6 nitrogen and oxygen atoms in total. The number of aliphatic hydroxyl groups is 1. The van der Waals surface area contributed by atoms with Crippen molar-refractivity contribution in [1.82, 2.24) is 19.5 Å². The number of fused-ring (bicyclic) bond motifs is 1. The lowest BCUT2D eigenvalue weighted by molar-refractivity contribution is -0.0551. The highest BCUT2D eigenvalue weighted by molar-refractivity contribution is 5.81. The second-order valence-corrected chi connectivity index (χ2v) is 4.82. The normalized spacial score (nSPS) is 26.1. The number of halogens is 2. The first-order chi connectivity index (χ1) is 9.03. The quantitative estimate of drug-likeness (QED) is 0.848. The SMILES string of the molecule is Nc1ncnc2c1ncn2[C@@H]1C[C@@H](CO)C(F)(F)C1. The molecule has 0 aliphatic heterocycles. The van der Waals surface area contributed by atoms with E-state index in [0.29, 0.717) is 11.2 Å². The average Bonchev–Trinajstić information content (AvgIpc) is 2.90. The standard InChI is InChI=1S/C11H13F2N5O/c12-11(13)2-7(1-6(11)3-19)18-5-17-8-9(14)15-4-16-10(8)18/h4-7,19H,1-3H2,(H2,14,15,16)/t6-,7+/m0/s1. The first-order valence-corrected chi connectivity index (χ1v) is 5.94. The summed E-state index contributed by atoms with van der Waals surface area (Å²) in [4.78, 5) is 11.9. The van der Waals surface area contributed by atoms with E-state index >= 15 is 0 Å². The molecule has 2 aromatic rings. The maximum atomic E-state index is 13.7. The van der Waals surface area contributed by atoms with Gasteiger partial charge in [-0.3, -0.25) is 0 Å². The van der Waals surface area contributed by atoms with Gasteiger partial charge in [-0.15, -0.1) is 0 Å². The lowest BCUT2D eigenvalue weighted by Crippen LogP contribution is -2.24. The molecule has 0 radical (unpaired) electrons. The number of hydrogen-bond acceptors (Lipinski definition) is 5. The molecule has 3 N–H and O–H groups in total. The van der Waals surface area contributed by atoms with Crippen LogP contribution < -0.4 is 5.73 Å². The van der Waals surface area contributed by atoms with Gasteiger partial charge in [-0.05, 0) is 6.42 Å². The van der Waals surface area contributed by atoms with Gasteiger partial charge in [0, 0.05) is 18.4 Å². The Balaban J connectivity index is 2.00. The van der Waals surface area contributed by atoms with Crippen molar-refractivity contribution in [2.45, 2.75) is 24.8 Å². The van der Waals surface area contributed by atoms with Crippen molar-refractivity contribution in [2.75, 3.05) is 12.3 Å². The fourth-order valence-corrected chi connectivity index (χ4v) is 2.62. The Kier molecular flexibility index (Phi) is 2.63. The number of imidazole rings is 1. The van der Waals surface area contributed by atoms with Crippen LogP contribution in [0.5, 0.6) is 0 Å². The first kappa shape index (κ1) is 12.2. The highest BCUT2D eigenvalue weighted by Crippen LogP contribution is 2.46. The molecule has 0 amide bonds. The summed E-state index contributed by atoms with van der Waals surface area (Å²) in [5.74, 6) is -3.66. The van der Waals surface area contributed by atoms with E-state index in [2.05, 4.69) is 15.0 Å². The Morgan fingerprint density at radius 3 is 2.89 bits per heavy atom. The van der Waals surface area contributed by atoms with Crippen LogP contribution in [0.25, 0.3) is 11.2 Å². The molecule has 1 aliphatic carbocycles. The van der Waals surface area contributed by atoms with Crippen LogP contribution in [-0.2, 0) is 0 Å². The average molecular weight is 269 g/mol. The number of nitrogens with zero attached hydrogens (tertiary/aromatic N) is 4. The van der Waals surface area contributed by atoms with E-state index in [0.717, 1.165) is 0 Å². The highest BCUT2D eigenvalue weighted by Gasteiger charge is 2.49. The first-order valence-electron chi connectivity index (χ1n) is 5.94. The van der Waals surface area contributed by atoms with Crippen molar-refractivity contribution < 1.29 is 13.9 Å². The van der Waals surface area contributed by atoms with Crippen molar-refractivity contribution in [3.8, 4) is 0 Å². The van der Waals surface area contributed by atoms with Crippen LogP contribution in [0.4, 0.5) is 14.6 Å². The Hall–Kier alpha value is -1.83. The van der Waals surface area contributed by atoms with Gasteiger partial charge in [0.2, 0.25) is 0 Å². The Bertz CT molecular complexity index is 614. The monoisotopic (exact) mass is 269 g/mol. The van der Waals surface area contributed by atoms with E-state index in [4.69, 9.17) is 10.8 Å². The molecule has 1 saturated carbocycles. The summed E-state index contributed by atoms with van der Waals surface area (Å²) < 4.78 is 29.0. The summed E-state index contributed by atoms with van der Waals surface area (Å²) in [5, 5.41) is 9.02. The van der Waals surface area contributed by atoms with Gasteiger partial charge in [0.1, 0.15) is 11.8 Å². The largest absolute Gasteiger partial charge is 0.396 e. The Morgan fingerprint density at radius 2 is 2.21 bits per heavy atom. The van der Waals surface area contributed by atoms with Crippen LogP contribution in [0.3, 0.4) is 0 Å². The summed E-state index contributed by atoms with van der Waals surface area (Å²) in [6.07, 6.45) is 2.61. The van der Waals surface area contributed by atoms with E-state index < -0.39 is 24.5 Å². The van der Waals surface area contributed by atoms with Gasteiger partial charge in [0.05, 0.1) is 12.9 Å². The van der Waals surface area contributed by atoms with Gasteiger partial charge in [-0.1, -0.05) is 0 Å². The van der Waals surface area contributed by atoms with Crippen molar-refractivity contribution in [1.29, 1.82) is 0 Å². The third-order valence-electron chi connectivity index (χ3n) is 3.66. The molecule has 0 aromatic carbocycles. The smallest absolute Gasteiger partial charge is 0.255 e. The summed E-state index contributed by atoms with van der Waals surface area (Å²) in [6, 6.07) is -0.438. The van der Waals surface area contributed by atoms with E-state index in [1.807, 2.05) is 0 Å². The molecule has 102 valence electrons. The van der Waals surface area contributed by atoms with E-state index in [9.17, 15) is 8.78 Å². The molecule has 1 aliphatic rings. The summed E-state index contributed by atoms with van der Waals surface area (Å²) in [7, 11) is 0. The fraction of sp³-hybridized carbons (Fsp3) is 0.545. The number of rotatable bonds is 2. The lowest BCUT2D eigenvalue weighted by atomic mass is 10.1. The topological polar surface area (TPSA) is 89.9 Å². The molecule has 0 saturated heterocycles. The number of alkyl halides is 2. The number of anilines is 1. The highest BCUT2D eigenvalue weighted by atomic mass is 19.3. The molecule has 0 bridgehead atoms. The van der Waals surface area contributed by atoms with E-state index in [1.54, 1.807) is 4.57 Å². The van der Waals surface area contributed by atoms with Crippen molar-refractivity contribution in [2.24, 2.45) is 5.92 Å². The number of hydrogen-bond donors (Lipinski definition) is 2. The fourth-order valence-electron chi connectivity index (χ4n) is 2.62. The van der Waals surface area contributed by atoms with Crippen LogP contribution in [0, 0.1) is 5.92 Å². The summed E-state index contributed by atoms with van der Waals surface area (Å²) in [5.41, 5.74) is 6.53. The number of aliphatic hydroxyl groups excluding tert-OH is 1. The number of nitrogens with two attached hydrogens (primary N) is 1. The molecule has 3 rings (SSSR count). The molecule has 8 heteroatoms. The zero-order valence-electron chi connectivity index (χ0n) is 10.0. The predicted molar refractivity (Wildman–Crippen MR) is 63.5 cm³/mol. The Labute approximate surface area is 107 Å². The minimum atomic E-state index is -2.87. The van der Waals surface area contributed by atoms with Crippen molar-refractivity contribution in [3.63, 3.8) is 0 Å². The molecule has 2 atom stereocenters. The van der Waals surface area contributed by atoms with Gasteiger partial charge < -0.3 is 15.4 Å². The molecular weight excluding hydrogens is 256 g/mol. The van der Waals surface area contributed by atoms with Crippen LogP contribution in [0.15, 0.2) is 12.7 Å². The molecule has 2 heterocycles. The second kappa shape index (κ2) is 4.09. The molecular formula is C11H13F2N5O. The van der Waals surface area contributed by atoms with Crippen molar-refractivity contribution >= 4 is 17.0 Å². The van der Waals surface area contributed by atoms with Crippen LogP contribution in [0.2, 0.25) is 0 Å².